The lowest BCUT2D eigenvalue weighted by Crippen LogP contribution is -2.41. The van der Waals surface area contributed by atoms with Gasteiger partial charge in [-0.15, -0.1) is 0 Å². The van der Waals surface area contributed by atoms with Crippen molar-refractivity contribution in [3.63, 3.8) is 0 Å². The molecule has 4 aromatic heterocycles. The average molecular weight is 1270 g/mol. The van der Waals surface area contributed by atoms with Gasteiger partial charge in [0.15, 0.2) is 44.9 Å². The standard InChI is InChI=1S/C27H42BrN3O3Si2.C19H24BrN3O2Si.C8H19BrOSi/c1-26(2,3)35(7,8)33-15-14-32-24-17-20(28)16-23-22(24)18-29-31(23)25-13-11-12-21(30-25)19-34-36(9,10)27(4,5)6;1-19(2,3)26(4,5)25-12-14-7-6-8-18(22-14)23-16-9-13(20)10-17(24)15(16)11-21-23;1-8(2,3)11(4,5)10-7-6-9/h11-13,16-18H,14-15,19H2,1-10H3;6-11,24H,12H2,1-5H3;6-7H2,1-5H3. The fraction of sp³-hybridized carbons (Fsp3) is 0.556. The van der Waals surface area contributed by atoms with Gasteiger partial charge in [-0.2, -0.15) is 10.2 Å². The van der Waals surface area contributed by atoms with E-state index in [2.05, 4.69) is 193 Å². The summed E-state index contributed by atoms with van der Waals surface area (Å²) in [4.78, 5) is 9.57. The van der Waals surface area contributed by atoms with E-state index in [-0.39, 0.29) is 20.9 Å². The second kappa shape index (κ2) is 24.8. The van der Waals surface area contributed by atoms with E-state index in [1.54, 1.807) is 16.9 Å². The van der Waals surface area contributed by atoms with Gasteiger partial charge in [-0.05, 0) is 121 Å². The van der Waals surface area contributed by atoms with Gasteiger partial charge in [-0.3, -0.25) is 0 Å². The van der Waals surface area contributed by atoms with Crippen LogP contribution in [0.4, 0.5) is 0 Å². The van der Waals surface area contributed by atoms with Gasteiger partial charge in [-0.25, -0.2) is 19.3 Å². The fourth-order valence-electron chi connectivity index (χ4n) is 6.07. The number of pyridine rings is 2. The van der Waals surface area contributed by atoms with Crippen molar-refractivity contribution < 1.29 is 27.5 Å². The molecule has 1 N–H and O–H groups in total. The Morgan fingerprint density at radius 1 is 0.507 bits per heavy atom. The van der Waals surface area contributed by atoms with Crippen molar-refractivity contribution >= 4 is 103 Å². The Balaban J connectivity index is 0.000000271. The minimum Gasteiger partial charge on any atom is -0.507 e. The van der Waals surface area contributed by atoms with E-state index in [0.717, 1.165) is 60.3 Å². The van der Waals surface area contributed by atoms with Crippen molar-refractivity contribution in [3.05, 3.63) is 93.4 Å². The van der Waals surface area contributed by atoms with Crippen LogP contribution in [0.1, 0.15) is 94.5 Å². The van der Waals surface area contributed by atoms with E-state index in [1.165, 1.54) is 0 Å². The second-order valence-electron chi connectivity index (χ2n) is 24.6. The largest absolute Gasteiger partial charge is 0.507 e. The highest BCUT2D eigenvalue weighted by Crippen LogP contribution is 2.40. The Morgan fingerprint density at radius 3 is 1.32 bits per heavy atom. The molecule has 6 rings (SSSR count). The predicted molar refractivity (Wildman–Crippen MR) is 324 cm³/mol. The van der Waals surface area contributed by atoms with Crippen LogP contribution in [0, 0.1) is 0 Å². The maximum atomic E-state index is 10.1. The second-order valence-corrected chi connectivity index (χ2v) is 46.5. The number of rotatable bonds is 16. The number of phenolic OH excluding ortho intramolecular Hbond substituents is 1. The van der Waals surface area contributed by atoms with Crippen molar-refractivity contribution in [2.24, 2.45) is 0 Å². The predicted octanol–water partition coefficient (Wildman–Crippen LogP) is 16.9. The third-order valence-electron chi connectivity index (χ3n) is 15.0. The maximum Gasteiger partial charge on any atom is 0.192 e. The number of hydrogen-bond donors (Lipinski definition) is 1. The molecule has 0 spiro atoms. The van der Waals surface area contributed by atoms with Crippen molar-refractivity contribution in [2.45, 2.75) is 169 Å². The van der Waals surface area contributed by atoms with E-state index in [9.17, 15) is 5.11 Å². The molecular formula is C54H85Br3N6O6Si4. The number of phenols is 1. The zero-order chi connectivity index (χ0) is 55.2. The number of aromatic hydroxyl groups is 1. The zero-order valence-corrected chi connectivity index (χ0v) is 56.2. The summed E-state index contributed by atoms with van der Waals surface area (Å²) in [6.45, 7) is 47.8. The van der Waals surface area contributed by atoms with Crippen molar-refractivity contribution in [1.29, 1.82) is 0 Å². The molecule has 4 heterocycles. The molecule has 2 aromatic carbocycles. The molecule has 0 atom stereocenters. The molecule has 0 fully saturated rings. The molecule has 0 unspecified atom stereocenters. The smallest absolute Gasteiger partial charge is 0.192 e. The molecule has 0 bridgehead atoms. The highest BCUT2D eigenvalue weighted by molar-refractivity contribution is 9.10. The van der Waals surface area contributed by atoms with Crippen LogP contribution in [0.15, 0.2) is 82.0 Å². The van der Waals surface area contributed by atoms with E-state index >= 15 is 0 Å². The summed E-state index contributed by atoms with van der Waals surface area (Å²) in [6.07, 6.45) is 3.49. The molecule has 0 aliphatic rings. The van der Waals surface area contributed by atoms with Crippen molar-refractivity contribution in [1.82, 2.24) is 29.5 Å². The molecule has 404 valence electrons. The topological polar surface area (TPSA) is 128 Å². The van der Waals surface area contributed by atoms with Crippen molar-refractivity contribution in [3.8, 4) is 23.1 Å². The van der Waals surface area contributed by atoms with Gasteiger partial charge < -0.3 is 27.5 Å². The Bertz CT molecular complexity index is 2760. The molecule has 12 nitrogen and oxygen atoms in total. The first-order valence-electron chi connectivity index (χ1n) is 25.1. The first kappa shape index (κ1) is 63.0. The number of nitrogens with zero attached hydrogens (tertiary/aromatic N) is 6. The van der Waals surface area contributed by atoms with Crippen molar-refractivity contribution in [2.75, 3.05) is 25.2 Å². The molecule has 0 saturated carbocycles. The highest BCUT2D eigenvalue weighted by Gasteiger charge is 2.39. The summed E-state index contributed by atoms with van der Waals surface area (Å²) in [6, 6.07) is 19.4. The van der Waals surface area contributed by atoms with Gasteiger partial charge in [0.05, 0.1) is 65.4 Å². The lowest BCUT2D eigenvalue weighted by Gasteiger charge is -2.36. The Hall–Kier alpha value is -2.57. The van der Waals surface area contributed by atoms with Crippen LogP contribution in [0.3, 0.4) is 0 Å². The minimum absolute atomic E-state index is 0.154. The van der Waals surface area contributed by atoms with Crippen LogP contribution in [0.2, 0.25) is 72.5 Å². The summed E-state index contributed by atoms with van der Waals surface area (Å²) < 4.78 is 36.2. The van der Waals surface area contributed by atoms with Crippen LogP contribution in [-0.4, -0.2) is 93.1 Å². The van der Waals surface area contributed by atoms with Gasteiger partial charge in [0.25, 0.3) is 0 Å². The number of fused-ring (bicyclic) bond motifs is 2. The Labute approximate surface area is 467 Å². The summed E-state index contributed by atoms with van der Waals surface area (Å²) in [5.41, 5.74) is 3.50. The average Bonchev–Trinajstić information content (AvgIpc) is 3.90. The Kier molecular flexibility index (Phi) is 21.4. The number of benzene rings is 2. The van der Waals surface area contributed by atoms with Crippen LogP contribution in [0.25, 0.3) is 33.4 Å². The lowest BCUT2D eigenvalue weighted by atomic mass is 10.2. The number of ether oxygens (including phenoxy) is 1. The third kappa shape index (κ3) is 17.0. The normalized spacial score (nSPS) is 13.2. The number of hydrogen-bond acceptors (Lipinski definition) is 10. The molecule has 6 aromatic rings. The number of halogens is 3. The molecule has 0 aliphatic carbocycles. The quantitative estimate of drug-likeness (QED) is 0.0568. The fourth-order valence-corrected chi connectivity index (χ4v) is 11.3. The van der Waals surface area contributed by atoms with Gasteiger partial charge >= 0.3 is 0 Å². The van der Waals surface area contributed by atoms with Gasteiger partial charge in [0.2, 0.25) is 0 Å². The van der Waals surface area contributed by atoms with E-state index < -0.39 is 33.3 Å². The Morgan fingerprint density at radius 2 is 0.890 bits per heavy atom. The maximum absolute atomic E-state index is 10.1. The molecule has 0 aliphatic heterocycles. The van der Waals surface area contributed by atoms with Crippen LogP contribution >= 0.6 is 47.8 Å². The monoisotopic (exact) mass is 1260 g/mol. The first-order valence-corrected chi connectivity index (χ1v) is 39.5. The highest BCUT2D eigenvalue weighted by atomic mass is 79.9. The van der Waals surface area contributed by atoms with E-state index in [1.807, 2.05) is 65.5 Å². The lowest BCUT2D eigenvalue weighted by molar-refractivity contribution is 0.205. The number of alkyl halides is 1. The first-order chi connectivity index (χ1) is 33.4. The van der Waals surface area contributed by atoms with Crippen LogP contribution in [0.5, 0.6) is 11.5 Å². The summed E-state index contributed by atoms with van der Waals surface area (Å²) in [5.74, 6) is 2.43. The van der Waals surface area contributed by atoms with Gasteiger partial charge in [-0.1, -0.05) is 143 Å². The molecule has 0 saturated heterocycles. The third-order valence-corrected chi connectivity index (χ3v) is 34.3. The SMILES string of the molecule is CC(C)(C)[Si](C)(C)OCCBr.CC(C)(C)[Si](C)(C)OCCOc1cc(Br)cc2c1cnn2-c1cccc(CO[Si](C)(C)C(C)(C)C)n1.CC(C)(C)[Si](C)(C)OCc1cccc(-n2ncc3c(O)cc(Br)cc32)n1. The zero-order valence-electron chi connectivity index (χ0n) is 47.5. The van der Waals surface area contributed by atoms with Gasteiger partial charge in [0, 0.05) is 20.9 Å². The molecule has 0 radical (unpaired) electrons. The van der Waals surface area contributed by atoms with E-state index in [4.69, 9.17) is 32.4 Å². The van der Waals surface area contributed by atoms with Crippen LogP contribution < -0.4 is 4.74 Å². The number of aromatic nitrogens is 6. The van der Waals surface area contributed by atoms with E-state index in [0.29, 0.717) is 42.7 Å². The van der Waals surface area contributed by atoms with Crippen LogP contribution in [-0.2, 0) is 30.9 Å². The summed E-state index contributed by atoms with van der Waals surface area (Å²) >= 11 is 10.4. The van der Waals surface area contributed by atoms with Gasteiger partial charge in [0.1, 0.15) is 18.1 Å². The minimum atomic E-state index is -1.86. The molecule has 19 heteroatoms. The summed E-state index contributed by atoms with van der Waals surface area (Å²) in [5, 5.41) is 22.6. The molecule has 0 amide bonds. The summed E-state index contributed by atoms with van der Waals surface area (Å²) in [7, 11) is -6.95. The molecule has 73 heavy (non-hydrogen) atoms. The molecular weight excluding hydrogens is 1180 g/mol.